The van der Waals surface area contributed by atoms with E-state index < -0.39 is 7.04 Å². The van der Waals surface area contributed by atoms with Crippen LogP contribution in [0.4, 0.5) is 0 Å². The van der Waals surface area contributed by atoms with Gasteiger partial charge in [0.2, 0.25) is 5.88 Å². The lowest BCUT2D eigenvalue weighted by atomic mass is 10.1. The highest BCUT2D eigenvalue weighted by Crippen LogP contribution is 2.45. The van der Waals surface area contributed by atoms with Gasteiger partial charge in [-0.25, -0.2) is 19.9 Å². The first-order valence-electron chi connectivity index (χ1n) is 9.78. The van der Waals surface area contributed by atoms with Crippen LogP contribution < -0.4 is 4.74 Å². The molecule has 122 valence electrons. The molecule has 7 nitrogen and oxygen atoms in total. The van der Waals surface area contributed by atoms with Gasteiger partial charge in [-0.1, -0.05) is 0 Å². The van der Waals surface area contributed by atoms with Gasteiger partial charge < -0.3 is 4.74 Å². The zero-order valence-corrected chi connectivity index (χ0v) is 13.0. The lowest BCUT2D eigenvalue weighted by Gasteiger charge is -2.11. The molecule has 2 aliphatic carbocycles. The Bertz CT molecular complexity index is 1030. The lowest BCUT2D eigenvalue weighted by molar-refractivity contribution is 0.397. The van der Waals surface area contributed by atoms with E-state index in [1.54, 1.807) is 0 Å². The first-order valence-corrected chi connectivity index (χ1v) is 8.28. The topological polar surface area (TPSA) is 89.5 Å². The maximum Gasteiger partial charge on any atom is 0.227 e. The number of methoxy groups -OCH3 is 1. The van der Waals surface area contributed by atoms with Crippen LogP contribution >= 0.6 is 0 Å². The number of nitrogens with zero attached hydrogens (tertiary/aromatic N) is 5. The summed E-state index contributed by atoms with van der Waals surface area (Å²) >= 11 is 0. The predicted octanol–water partition coefficient (Wildman–Crippen LogP) is 2.57. The Morgan fingerprint density at radius 2 is 2.12 bits per heavy atom. The fourth-order valence-electron chi connectivity index (χ4n) is 3.46. The number of aromatic amines is 1. The average Bonchev–Trinajstić information content (AvgIpc) is 3.40. The first kappa shape index (κ1) is 11.1. The average molecular weight is 325 g/mol. The molecule has 3 heterocycles. The number of hydrogen-bond donors (Lipinski definition) is 1. The van der Waals surface area contributed by atoms with E-state index in [2.05, 4.69) is 25.1 Å². The molecule has 1 saturated carbocycles. The first-order chi connectivity index (χ1) is 13.0. The van der Waals surface area contributed by atoms with Crippen molar-refractivity contribution in [1.29, 1.82) is 0 Å². The second kappa shape index (κ2) is 5.22. The maximum atomic E-state index is 7.47. The van der Waals surface area contributed by atoms with Crippen LogP contribution in [0, 0.1) is 0 Å². The van der Waals surface area contributed by atoms with Gasteiger partial charge in [-0.15, -0.1) is 0 Å². The van der Waals surface area contributed by atoms with Crippen LogP contribution in [-0.4, -0.2) is 37.2 Å². The van der Waals surface area contributed by atoms with Crippen molar-refractivity contribution in [2.45, 2.75) is 44.4 Å². The summed E-state index contributed by atoms with van der Waals surface area (Å²) in [6.45, 7) is 0. The van der Waals surface area contributed by atoms with Crippen molar-refractivity contribution in [2.75, 3.05) is 7.04 Å². The van der Waals surface area contributed by atoms with Crippen molar-refractivity contribution in [3.05, 3.63) is 23.4 Å². The molecule has 0 aromatic carbocycles. The number of nitrogens with one attached hydrogen (secondary N) is 1. The largest absolute Gasteiger partial charge is 0.480 e. The number of aromatic nitrogens is 6. The third kappa shape index (κ3) is 2.07. The SMILES string of the molecule is [2H]C([2H])([2H])Oc1ncnc(C2CC2)c1-c1nc2c3c([nH]nc3n1)CCCC2. The minimum absolute atomic E-state index is 0.00262. The Kier molecular flexibility index (Phi) is 2.41. The zero-order chi connectivity index (χ0) is 18.6. The van der Waals surface area contributed by atoms with E-state index >= 15 is 0 Å². The summed E-state index contributed by atoms with van der Waals surface area (Å²) in [5.41, 5.74) is 3.82. The van der Waals surface area contributed by atoms with Crippen LogP contribution in [0.1, 0.15) is 52.8 Å². The van der Waals surface area contributed by atoms with E-state index in [1.165, 1.54) is 6.33 Å². The molecule has 0 spiro atoms. The van der Waals surface area contributed by atoms with Crippen molar-refractivity contribution < 1.29 is 8.85 Å². The molecule has 1 fully saturated rings. The Morgan fingerprint density at radius 3 is 3.00 bits per heavy atom. The monoisotopic (exact) mass is 325 g/mol. The van der Waals surface area contributed by atoms with Crippen LogP contribution in [0.3, 0.4) is 0 Å². The van der Waals surface area contributed by atoms with E-state index in [1.807, 2.05) is 0 Å². The van der Waals surface area contributed by atoms with Gasteiger partial charge >= 0.3 is 0 Å². The number of hydrogen-bond acceptors (Lipinski definition) is 6. The van der Waals surface area contributed by atoms with Gasteiger partial charge in [0.05, 0.1) is 27.9 Å². The number of ether oxygens (including phenoxy) is 1. The van der Waals surface area contributed by atoms with Gasteiger partial charge in [0.15, 0.2) is 11.5 Å². The summed E-state index contributed by atoms with van der Waals surface area (Å²) in [7, 11) is -2.61. The predicted molar refractivity (Wildman–Crippen MR) is 87.9 cm³/mol. The third-order valence-corrected chi connectivity index (χ3v) is 4.78. The maximum absolute atomic E-state index is 7.47. The number of aryl methyl sites for hydroxylation is 2. The molecule has 1 N–H and O–H groups in total. The highest BCUT2D eigenvalue weighted by Gasteiger charge is 2.32. The number of rotatable bonds is 3. The van der Waals surface area contributed by atoms with Crippen LogP contribution in [0.25, 0.3) is 22.4 Å². The Hall–Kier alpha value is -2.57. The van der Waals surface area contributed by atoms with Crippen molar-refractivity contribution >= 4 is 11.0 Å². The minimum Gasteiger partial charge on any atom is -0.480 e. The van der Waals surface area contributed by atoms with E-state index in [0.717, 1.165) is 61.0 Å². The second-order valence-electron chi connectivity index (χ2n) is 6.42. The molecule has 0 amide bonds. The minimum atomic E-state index is -2.61. The molecular formula is C17H18N6O. The lowest BCUT2D eigenvalue weighted by Crippen LogP contribution is -2.04. The van der Waals surface area contributed by atoms with E-state index in [9.17, 15) is 0 Å². The zero-order valence-electron chi connectivity index (χ0n) is 16.0. The normalized spacial score (nSPS) is 19.4. The van der Waals surface area contributed by atoms with Crippen molar-refractivity contribution in [3.63, 3.8) is 0 Å². The van der Waals surface area contributed by atoms with Crippen LogP contribution in [0.5, 0.6) is 5.88 Å². The smallest absolute Gasteiger partial charge is 0.227 e. The van der Waals surface area contributed by atoms with Crippen molar-refractivity contribution in [1.82, 2.24) is 30.1 Å². The Labute approximate surface area is 143 Å². The second-order valence-corrected chi connectivity index (χ2v) is 6.42. The molecule has 7 heteroatoms. The Morgan fingerprint density at radius 1 is 1.21 bits per heavy atom. The van der Waals surface area contributed by atoms with Gasteiger partial charge in [0, 0.05) is 11.6 Å². The summed E-state index contributed by atoms with van der Waals surface area (Å²) in [6.07, 6.45) is 7.21. The Balaban J connectivity index is 1.72. The van der Waals surface area contributed by atoms with E-state index in [-0.39, 0.29) is 11.8 Å². The molecule has 0 radical (unpaired) electrons. The molecule has 0 bridgehead atoms. The van der Waals surface area contributed by atoms with Crippen LogP contribution in [0.15, 0.2) is 6.33 Å². The van der Waals surface area contributed by atoms with Crippen molar-refractivity contribution in [2.24, 2.45) is 0 Å². The highest BCUT2D eigenvalue weighted by molar-refractivity contribution is 5.83. The molecular weight excluding hydrogens is 304 g/mol. The molecule has 0 aliphatic heterocycles. The molecule has 3 aromatic rings. The fraction of sp³-hybridized carbons (Fsp3) is 0.471. The van der Waals surface area contributed by atoms with Gasteiger partial charge in [-0.05, 0) is 38.5 Å². The van der Waals surface area contributed by atoms with Gasteiger partial charge in [-0.3, -0.25) is 5.10 Å². The third-order valence-electron chi connectivity index (χ3n) is 4.78. The molecule has 3 aromatic heterocycles. The summed E-state index contributed by atoms with van der Waals surface area (Å²) in [4.78, 5) is 17.9. The van der Waals surface area contributed by atoms with Crippen molar-refractivity contribution in [3.8, 4) is 17.3 Å². The summed E-state index contributed by atoms with van der Waals surface area (Å²) in [6, 6.07) is 0. The van der Waals surface area contributed by atoms with Gasteiger partial charge in [-0.2, -0.15) is 5.10 Å². The summed E-state index contributed by atoms with van der Waals surface area (Å²) < 4.78 is 27.6. The van der Waals surface area contributed by atoms with E-state index in [0.29, 0.717) is 17.0 Å². The quantitative estimate of drug-likeness (QED) is 0.796. The van der Waals surface area contributed by atoms with E-state index in [4.69, 9.17) is 13.8 Å². The number of H-pyrrole nitrogens is 1. The molecule has 0 saturated heterocycles. The highest BCUT2D eigenvalue weighted by atomic mass is 16.5. The molecule has 0 atom stereocenters. The van der Waals surface area contributed by atoms with Gasteiger partial charge in [0.25, 0.3) is 0 Å². The molecule has 0 unspecified atom stereocenters. The van der Waals surface area contributed by atoms with Crippen LogP contribution in [0.2, 0.25) is 0 Å². The fourth-order valence-corrected chi connectivity index (χ4v) is 3.46. The molecule has 2 aliphatic rings. The van der Waals surface area contributed by atoms with Gasteiger partial charge in [0.1, 0.15) is 11.9 Å². The molecule has 24 heavy (non-hydrogen) atoms. The standard InChI is InChI=1S/C17H18N6O/c1-24-17-13(14(9-6-7-9)18-8-19-17)15-20-10-4-2-3-5-11-12(10)16(21-15)23-22-11/h8-9H,2-7H2,1H3,(H,20,21,22,23)/i1D3. The van der Waals surface area contributed by atoms with Crippen LogP contribution in [-0.2, 0) is 12.8 Å². The molecule has 5 rings (SSSR count). The summed E-state index contributed by atoms with van der Waals surface area (Å²) in [5, 5.41) is 8.40. The summed E-state index contributed by atoms with van der Waals surface area (Å²) in [5.74, 6) is 0.650.